The molecule has 106 valence electrons. The SMILES string of the molecule is OCCN1CCCN(Cc2ccc(F)c(Cl)c2)CC1. The molecule has 0 aliphatic carbocycles. The fraction of sp³-hybridized carbons (Fsp3) is 0.571. The third-order valence-corrected chi connectivity index (χ3v) is 3.78. The Bertz CT molecular complexity index is 416. The molecular formula is C14H20ClFN2O. The Morgan fingerprint density at radius 3 is 2.63 bits per heavy atom. The number of rotatable bonds is 4. The quantitative estimate of drug-likeness (QED) is 0.917. The highest BCUT2D eigenvalue weighted by atomic mass is 35.5. The molecule has 1 aliphatic rings. The predicted molar refractivity (Wildman–Crippen MR) is 74.8 cm³/mol. The second-order valence-corrected chi connectivity index (χ2v) is 5.35. The molecule has 1 fully saturated rings. The first kappa shape index (κ1) is 14.7. The Morgan fingerprint density at radius 1 is 1.16 bits per heavy atom. The number of nitrogens with zero attached hydrogens (tertiary/aromatic N) is 2. The third kappa shape index (κ3) is 4.42. The fourth-order valence-corrected chi connectivity index (χ4v) is 2.65. The average molecular weight is 287 g/mol. The molecule has 1 N–H and O–H groups in total. The maximum absolute atomic E-state index is 13.1. The van der Waals surface area contributed by atoms with Crippen LogP contribution in [0.3, 0.4) is 0 Å². The van der Waals surface area contributed by atoms with Crippen molar-refractivity contribution < 1.29 is 9.50 Å². The predicted octanol–water partition coefficient (Wildman–Crippen LogP) is 1.98. The number of β-amino-alcohol motifs (C(OH)–C–C–N with tert-alkyl or cyclic N) is 1. The molecule has 19 heavy (non-hydrogen) atoms. The summed E-state index contributed by atoms with van der Waals surface area (Å²) < 4.78 is 13.1. The summed E-state index contributed by atoms with van der Waals surface area (Å²) in [6.45, 7) is 5.75. The van der Waals surface area contributed by atoms with Gasteiger partial charge in [-0.3, -0.25) is 9.80 Å². The molecule has 0 atom stereocenters. The first-order valence-electron chi connectivity index (χ1n) is 6.68. The molecule has 0 aromatic heterocycles. The lowest BCUT2D eigenvalue weighted by atomic mass is 10.2. The standard InChI is InChI=1S/C14H20ClFN2O/c15-13-10-12(2-3-14(13)16)11-18-5-1-4-17(6-7-18)8-9-19/h2-3,10,19H,1,4-9,11H2. The largest absolute Gasteiger partial charge is 0.395 e. The van der Waals surface area contributed by atoms with E-state index in [1.165, 1.54) is 6.07 Å². The molecule has 0 unspecified atom stereocenters. The smallest absolute Gasteiger partial charge is 0.141 e. The number of hydrogen-bond donors (Lipinski definition) is 1. The van der Waals surface area contributed by atoms with Crippen LogP contribution in [-0.2, 0) is 6.54 Å². The van der Waals surface area contributed by atoms with Crippen LogP contribution in [0, 0.1) is 5.82 Å². The first-order valence-corrected chi connectivity index (χ1v) is 7.06. The van der Waals surface area contributed by atoms with E-state index in [-0.39, 0.29) is 17.4 Å². The summed E-state index contributed by atoms with van der Waals surface area (Å²) in [5.74, 6) is -0.365. The molecule has 1 saturated heterocycles. The van der Waals surface area contributed by atoms with Crippen molar-refractivity contribution in [3.05, 3.63) is 34.6 Å². The zero-order valence-electron chi connectivity index (χ0n) is 11.0. The van der Waals surface area contributed by atoms with E-state index >= 15 is 0 Å². The van der Waals surface area contributed by atoms with E-state index < -0.39 is 0 Å². The van der Waals surface area contributed by atoms with Crippen LogP contribution in [0.5, 0.6) is 0 Å². The van der Waals surface area contributed by atoms with Gasteiger partial charge in [0.2, 0.25) is 0 Å². The van der Waals surface area contributed by atoms with Crippen LogP contribution in [0.1, 0.15) is 12.0 Å². The summed E-state index contributed by atoms with van der Waals surface area (Å²) in [7, 11) is 0. The summed E-state index contributed by atoms with van der Waals surface area (Å²) in [6.07, 6.45) is 1.09. The molecule has 1 aromatic carbocycles. The molecular weight excluding hydrogens is 267 g/mol. The lowest BCUT2D eigenvalue weighted by Crippen LogP contribution is -2.32. The van der Waals surface area contributed by atoms with Gasteiger partial charge in [-0.15, -0.1) is 0 Å². The molecule has 0 amide bonds. The van der Waals surface area contributed by atoms with Crippen molar-refractivity contribution in [2.45, 2.75) is 13.0 Å². The van der Waals surface area contributed by atoms with Gasteiger partial charge in [-0.2, -0.15) is 0 Å². The van der Waals surface area contributed by atoms with Crippen molar-refractivity contribution in [3.8, 4) is 0 Å². The average Bonchev–Trinajstić information content (AvgIpc) is 2.60. The molecule has 5 heteroatoms. The van der Waals surface area contributed by atoms with E-state index in [0.717, 1.165) is 51.3 Å². The first-order chi connectivity index (χ1) is 9.19. The van der Waals surface area contributed by atoms with Crippen LogP contribution in [-0.4, -0.2) is 54.2 Å². The Balaban J connectivity index is 1.90. The number of aliphatic hydroxyl groups is 1. The van der Waals surface area contributed by atoms with Crippen molar-refractivity contribution in [2.24, 2.45) is 0 Å². The van der Waals surface area contributed by atoms with E-state index in [2.05, 4.69) is 9.80 Å². The van der Waals surface area contributed by atoms with Crippen molar-refractivity contribution in [1.29, 1.82) is 0 Å². The lowest BCUT2D eigenvalue weighted by molar-refractivity contribution is 0.196. The summed E-state index contributed by atoms with van der Waals surface area (Å²) in [5.41, 5.74) is 1.04. The summed E-state index contributed by atoms with van der Waals surface area (Å²) in [4.78, 5) is 4.62. The van der Waals surface area contributed by atoms with E-state index in [1.54, 1.807) is 12.1 Å². The van der Waals surface area contributed by atoms with E-state index in [4.69, 9.17) is 16.7 Å². The van der Waals surface area contributed by atoms with Crippen LogP contribution in [0.25, 0.3) is 0 Å². The van der Waals surface area contributed by atoms with E-state index in [1.807, 2.05) is 0 Å². The van der Waals surface area contributed by atoms with Gasteiger partial charge in [0.15, 0.2) is 0 Å². The zero-order valence-corrected chi connectivity index (χ0v) is 11.7. The van der Waals surface area contributed by atoms with Gasteiger partial charge < -0.3 is 5.11 Å². The topological polar surface area (TPSA) is 26.7 Å². The van der Waals surface area contributed by atoms with Crippen LogP contribution >= 0.6 is 11.6 Å². The molecule has 1 heterocycles. The minimum absolute atomic E-state index is 0.189. The molecule has 3 nitrogen and oxygen atoms in total. The Morgan fingerprint density at radius 2 is 1.89 bits per heavy atom. The summed E-state index contributed by atoms with van der Waals surface area (Å²) in [5, 5.41) is 9.15. The van der Waals surface area contributed by atoms with E-state index in [9.17, 15) is 4.39 Å². The monoisotopic (exact) mass is 286 g/mol. The third-order valence-electron chi connectivity index (χ3n) is 3.49. The molecule has 0 saturated carbocycles. The van der Waals surface area contributed by atoms with Crippen LogP contribution < -0.4 is 0 Å². The fourth-order valence-electron chi connectivity index (χ4n) is 2.44. The number of halogens is 2. The maximum atomic E-state index is 13.1. The van der Waals surface area contributed by atoms with Gasteiger partial charge in [0.1, 0.15) is 5.82 Å². The van der Waals surface area contributed by atoms with Crippen LogP contribution in [0.4, 0.5) is 4.39 Å². The molecule has 0 spiro atoms. The van der Waals surface area contributed by atoms with Crippen molar-refractivity contribution in [1.82, 2.24) is 9.80 Å². The number of aliphatic hydroxyl groups excluding tert-OH is 1. The van der Waals surface area contributed by atoms with Gasteiger partial charge >= 0.3 is 0 Å². The van der Waals surface area contributed by atoms with Crippen molar-refractivity contribution in [3.63, 3.8) is 0 Å². The summed E-state index contributed by atoms with van der Waals surface area (Å²) in [6, 6.07) is 4.92. The Kier molecular flexibility index (Phi) is 5.58. The van der Waals surface area contributed by atoms with Crippen LogP contribution in [0.15, 0.2) is 18.2 Å². The number of hydrogen-bond acceptors (Lipinski definition) is 3. The molecule has 2 rings (SSSR count). The highest BCUT2D eigenvalue weighted by molar-refractivity contribution is 6.30. The van der Waals surface area contributed by atoms with Gasteiger partial charge in [-0.25, -0.2) is 4.39 Å². The second-order valence-electron chi connectivity index (χ2n) is 4.94. The Hall–Kier alpha value is -0.680. The van der Waals surface area contributed by atoms with Gasteiger partial charge in [0.05, 0.1) is 11.6 Å². The summed E-state index contributed by atoms with van der Waals surface area (Å²) >= 11 is 5.80. The number of benzene rings is 1. The maximum Gasteiger partial charge on any atom is 0.141 e. The molecule has 0 bridgehead atoms. The molecule has 1 aliphatic heterocycles. The van der Waals surface area contributed by atoms with Gasteiger partial charge in [0.25, 0.3) is 0 Å². The Labute approximate surface area is 118 Å². The van der Waals surface area contributed by atoms with Crippen molar-refractivity contribution in [2.75, 3.05) is 39.3 Å². The van der Waals surface area contributed by atoms with Gasteiger partial charge in [0, 0.05) is 26.2 Å². The molecule has 1 aromatic rings. The lowest BCUT2D eigenvalue weighted by Gasteiger charge is -2.21. The molecule has 0 radical (unpaired) electrons. The highest BCUT2D eigenvalue weighted by Crippen LogP contribution is 2.17. The van der Waals surface area contributed by atoms with E-state index in [0.29, 0.717) is 0 Å². The normalized spacial score (nSPS) is 18.5. The van der Waals surface area contributed by atoms with Gasteiger partial charge in [-0.05, 0) is 37.2 Å². The second kappa shape index (κ2) is 7.20. The van der Waals surface area contributed by atoms with Gasteiger partial charge in [-0.1, -0.05) is 17.7 Å². The minimum Gasteiger partial charge on any atom is -0.395 e. The van der Waals surface area contributed by atoms with Crippen molar-refractivity contribution >= 4 is 11.6 Å². The minimum atomic E-state index is -0.365. The zero-order chi connectivity index (χ0) is 13.7. The van der Waals surface area contributed by atoms with Crippen LogP contribution in [0.2, 0.25) is 5.02 Å². The highest BCUT2D eigenvalue weighted by Gasteiger charge is 2.14.